The van der Waals surface area contributed by atoms with Gasteiger partial charge in [-0.2, -0.15) is 0 Å². The summed E-state index contributed by atoms with van der Waals surface area (Å²) in [5.41, 5.74) is 2.40. The molecule has 0 amide bonds. The van der Waals surface area contributed by atoms with E-state index in [1.165, 1.54) is 37.6 Å². The zero-order valence-corrected chi connectivity index (χ0v) is 15.0. The molecule has 0 spiro atoms. The normalized spacial score (nSPS) is 17.7. The summed E-state index contributed by atoms with van der Waals surface area (Å²) < 4.78 is 2.36. The first-order chi connectivity index (χ1) is 10.4. The van der Waals surface area contributed by atoms with Crippen LogP contribution < -0.4 is 10.2 Å². The van der Waals surface area contributed by atoms with Crippen molar-refractivity contribution in [2.75, 3.05) is 24.5 Å². The first-order valence-electron chi connectivity index (χ1n) is 8.35. The van der Waals surface area contributed by atoms with E-state index in [2.05, 4.69) is 39.0 Å². The Morgan fingerprint density at radius 2 is 1.83 bits per heavy atom. The second kappa shape index (κ2) is 8.22. The molecule has 4 nitrogen and oxygen atoms in total. The fourth-order valence-corrected chi connectivity index (χ4v) is 3.77. The largest absolute Gasteiger partial charge is 0.339 e. The van der Waals surface area contributed by atoms with Gasteiger partial charge in [0.05, 0.1) is 11.0 Å². The number of hydrogen-bond donors (Lipinski definition) is 1. The molecule has 1 aromatic heterocycles. The Bertz CT molecular complexity index is 622. The van der Waals surface area contributed by atoms with Crippen LogP contribution in [0.4, 0.5) is 5.95 Å². The van der Waals surface area contributed by atoms with Crippen molar-refractivity contribution in [3.8, 4) is 0 Å². The van der Waals surface area contributed by atoms with Crippen molar-refractivity contribution in [1.29, 1.82) is 0 Å². The zero-order valence-electron chi connectivity index (χ0n) is 13.4. The summed E-state index contributed by atoms with van der Waals surface area (Å²) in [7, 11) is 0. The first-order valence-corrected chi connectivity index (χ1v) is 8.35. The molecule has 0 bridgehead atoms. The van der Waals surface area contributed by atoms with Gasteiger partial charge in [0.15, 0.2) is 0 Å². The van der Waals surface area contributed by atoms with Crippen LogP contribution >= 0.6 is 24.8 Å². The first kappa shape index (κ1) is 18.4. The summed E-state index contributed by atoms with van der Waals surface area (Å²) in [4.78, 5) is 7.23. The van der Waals surface area contributed by atoms with Crippen LogP contribution in [0.25, 0.3) is 11.0 Å². The third-order valence-electron chi connectivity index (χ3n) is 4.93. The van der Waals surface area contributed by atoms with Gasteiger partial charge in [-0.15, -0.1) is 24.8 Å². The Balaban J connectivity index is 0.000000960. The van der Waals surface area contributed by atoms with Gasteiger partial charge in [-0.25, -0.2) is 4.98 Å². The number of fused-ring (bicyclic) bond motifs is 3. The summed E-state index contributed by atoms with van der Waals surface area (Å²) in [6.07, 6.45) is 6.94. The second-order valence-corrected chi connectivity index (χ2v) is 6.33. The quantitative estimate of drug-likeness (QED) is 0.907. The average molecular weight is 357 g/mol. The lowest BCUT2D eigenvalue weighted by Gasteiger charge is -2.24. The van der Waals surface area contributed by atoms with E-state index in [0.29, 0.717) is 0 Å². The van der Waals surface area contributed by atoms with Gasteiger partial charge in [0, 0.05) is 32.2 Å². The lowest BCUT2D eigenvalue weighted by atomic mass is 9.95. The fourth-order valence-electron chi connectivity index (χ4n) is 3.77. The number of halogens is 2. The average Bonchev–Trinajstić information content (AvgIpc) is 3.08. The molecule has 23 heavy (non-hydrogen) atoms. The van der Waals surface area contributed by atoms with Crippen molar-refractivity contribution in [2.24, 2.45) is 0 Å². The summed E-state index contributed by atoms with van der Waals surface area (Å²) in [6.45, 7) is 4.31. The van der Waals surface area contributed by atoms with Gasteiger partial charge in [-0.3, -0.25) is 0 Å². The molecule has 0 saturated heterocycles. The van der Waals surface area contributed by atoms with Gasteiger partial charge in [0.2, 0.25) is 5.95 Å². The highest BCUT2D eigenvalue weighted by molar-refractivity contribution is 5.85. The van der Waals surface area contributed by atoms with Gasteiger partial charge in [-0.1, -0.05) is 31.4 Å². The standard InChI is InChI=1S/C17H24N4.2ClH/c1-2-6-14(7-3-1)18-10-11-20-12-13-21-16-9-5-4-8-15(16)19-17(20)21;;/h4-5,8-9,14,18H,1-3,6-7,10-13H2;2*1H. The summed E-state index contributed by atoms with van der Waals surface area (Å²) in [5.74, 6) is 1.15. The SMILES string of the molecule is Cl.Cl.c1ccc2c(c1)nc1n2CCN1CCNC1CCCCC1. The van der Waals surface area contributed by atoms with Crippen LogP contribution in [0.15, 0.2) is 24.3 Å². The van der Waals surface area contributed by atoms with E-state index >= 15 is 0 Å². The maximum Gasteiger partial charge on any atom is 0.206 e. The second-order valence-electron chi connectivity index (χ2n) is 6.33. The molecule has 6 heteroatoms. The third-order valence-corrected chi connectivity index (χ3v) is 4.93. The molecule has 0 atom stereocenters. The molecular weight excluding hydrogens is 331 g/mol. The van der Waals surface area contributed by atoms with Crippen molar-refractivity contribution >= 4 is 41.8 Å². The maximum absolute atomic E-state index is 4.80. The number of imidazole rings is 1. The molecule has 1 saturated carbocycles. The predicted molar refractivity (Wildman–Crippen MR) is 101 cm³/mol. The zero-order chi connectivity index (χ0) is 14.1. The third kappa shape index (κ3) is 3.76. The van der Waals surface area contributed by atoms with Crippen molar-refractivity contribution in [3.05, 3.63) is 24.3 Å². The number of nitrogens with zero attached hydrogens (tertiary/aromatic N) is 3. The lowest BCUT2D eigenvalue weighted by molar-refractivity contribution is 0.376. The van der Waals surface area contributed by atoms with Crippen molar-refractivity contribution in [1.82, 2.24) is 14.9 Å². The van der Waals surface area contributed by atoms with Crippen LogP contribution in [0.2, 0.25) is 0 Å². The highest BCUT2D eigenvalue weighted by atomic mass is 35.5. The Labute approximate surface area is 150 Å². The fraction of sp³-hybridized carbons (Fsp3) is 0.588. The molecular formula is C17H26Cl2N4. The summed E-state index contributed by atoms with van der Waals surface area (Å²) >= 11 is 0. The Morgan fingerprint density at radius 3 is 2.65 bits per heavy atom. The topological polar surface area (TPSA) is 33.1 Å². The van der Waals surface area contributed by atoms with E-state index in [-0.39, 0.29) is 24.8 Å². The van der Waals surface area contributed by atoms with E-state index < -0.39 is 0 Å². The molecule has 1 aromatic carbocycles. The number of hydrogen-bond acceptors (Lipinski definition) is 3. The van der Waals surface area contributed by atoms with Crippen LogP contribution in [0, 0.1) is 0 Å². The molecule has 1 N–H and O–H groups in total. The molecule has 1 aliphatic heterocycles. The number of para-hydroxylation sites is 2. The molecule has 1 aliphatic carbocycles. The van der Waals surface area contributed by atoms with Gasteiger partial charge < -0.3 is 14.8 Å². The number of rotatable bonds is 4. The highest BCUT2D eigenvalue weighted by Crippen LogP contribution is 2.26. The number of benzene rings is 1. The molecule has 0 unspecified atom stereocenters. The minimum atomic E-state index is 0. The Kier molecular flexibility index (Phi) is 6.57. The van der Waals surface area contributed by atoms with Crippen LogP contribution in [0.3, 0.4) is 0 Å². The number of nitrogens with one attached hydrogen (secondary N) is 1. The van der Waals surface area contributed by atoms with Gasteiger partial charge in [0.25, 0.3) is 0 Å². The van der Waals surface area contributed by atoms with E-state index in [1.54, 1.807) is 0 Å². The molecule has 4 rings (SSSR count). The van der Waals surface area contributed by atoms with E-state index in [9.17, 15) is 0 Å². The van der Waals surface area contributed by atoms with E-state index in [0.717, 1.165) is 43.7 Å². The van der Waals surface area contributed by atoms with Crippen LogP contribution in [-0.4, -0.2) is 35.2 Å². The predicted octanol–water partition coefficient (Wildman–Crippen LogP) is 3.62. The molecule has 128 valence electrons. The van der Waals surface area contributed by atoms with Crippen molar-refractivity contribution < 1.29 is 0 Å². The number of aromatic nitrogens is 2. The van der Waals surface area contributed by atoms with Gasteiger partial charge >= 0.3 is 0 Å². The van der Waals surface area contributed by atoms with Crippen LogP contribution in [0.5, 0.6) is 0 Å². The van der Waals surface area contributed by atoms with E-state index in [1.807, 2.05) is 0 Å². The van der Waals surface area contributed by atoms with Crippen LogP contribution in [-0.2, 0) is 6.54 Å². The summed E-state index contributed by atoms with van der Waals surface area (Å²) in [6, 6.07) is 9.21. The Morgan fingerprint density at radius 1 is 1.04 bits per heavy atom. The van der Waals surface area contributed by atoms with E-state index in [4.69, 9.17) is 4.98 Å². The molecule has 2 heterocycles. The Hall–Kier alpha value is -0.970. The maximum atomic E-state index is 4.80. The lowest BCUT2D eigenvalue weighted by Crippen LogP contribution is -2.37. The van der Waals surface area contributed by atoms with Crippen molar-refractivity contribution in [2.45, 2.75) is 44.7 Å². The van der Waals surface area contributed by atoms with Crippen molar-refractivity contribution in [3.63, 3.8) is 0 Å². The highest BCUT2D eigenvalue weighted by Gasteiger charge is 2.23. The molecule has 1 fully saturated rings. The minimum absolute atomic E-state index is 0. The van der Waals surface area contributed by atoms with Gasteiger partial charge in [0.1, 0.15) is 0 Å². The van der Waals surface area contributed by atoms with Gasteiger partial charge in [-0.05, 0) is 25.0 Å². The smallest absolute Gasteiger partial charge is 0.206 e. The van der Waals surface area contributed by atoms with Crippen LogP contribution in [0.1, 0.15) is 32.1 Å². The summed E-state index contributed by atoms with van der Waals surface area (Å²) in [5, 5.41) is 3.73. The number of anilines is 1. The minimum Gasteiger partial charge on any atom is -0.339 e. The molecule has 0 radical (unpaired) electrons. The monoisotopic (exact) mass is 356 g/mol. The molecule has 2 aliphatic rings. The molecule has 2 aromatic rings.